The van der Waals surface area contributed by atoms with Gasteiger partial charge in [0.25, 0.3) is 0 Å². The molecule has 0 unspecified atom stereocenters. The Kier molecular flexibility index (Phi) is 5.10. The minimum atomic E-state index is -0.718. The monoisotopic (exact) mass is 452 g/mol. The average Bonchev–Trinajstić information content (AvgIpc) is 3.41. The van der Waals surface area contributed by atoms with E-state index < -0.39 is 23.8 Å². The molecular weight excluding hydrogens is 432 g/mol. The summed E-state index contributed by atoms with van der Waals surface area (Å²) in [6.45, 7) is 1.99. The van der Waals surface area contributed by atoms with Gasteiger partial charge in [-0.25, -0.2) is 4.90 Å². The summed E-state index contributed by atoms with van der Waals surface area (Å²) in [4.78, 5) is 54.8. The van der Waals surface area contributed by atoms with Crippen molar-refractivity contribution in [3.8, 4) is 5.75 Å². The van der Waals surface area contributed by atoms with E-state index in [0.717, 1.165) is 12.8 Å². The highest BCUT2D eigenvalue weighted by molar-refractivity contribution is 6.30. The van der Waals surface area contributed by atoms with Crippen LogP contribution in [0.1, 0.15) is 30.1 Å². The second kappa shape index (κ2) is 7.83. The molecular formula is C24H21ClN2O5. The first-order valence-corrected chi connectivity index (χ1v) is 11.0. The summed E-state index contributed by atoms with van der Waals surface area (Å²) in [6.07, 6.45) is 1.67. The first-order valence-electron chi connectivity index (χ1n) is 10.6. The predicted octanol–water partition coefficient (Wildman–Crippen LogP) is 3.10. The van der Waals surface area contributed by atoms with E-state index in [9.17, 15) is 19.2 Å². The maximum absolute atomic E-state index is 13.5. The number of amides is 2. The molecule has 2 aromatic rings. The van der Waals surface area contributed by atoms with E-state index in [4.69, 9.17) is 16.3 Å². The zero-order valence-electron chi connectivity index (χ0n) is 17.4. The fourth-order valence-electron chi connectivity index (χ4n) is 5.38. The van der Waals surface area contributed by atoms with Crippen LogP contribution in [-0.4, -0.2) is 47.1 Å². The highest BCUT2D eigenvalue weighted by Gasteiger charge is 2.64. The van der Waals surface area contributed by atoms with Crippen LogP contribution in [0.2, 0.25) is 5.02 Å². The number of carbonyl (C=O) groups is 4. The zero-order valence-corrected chi connectivity index (χ0v) is 18.1. The predicted molar refractivity (Wildman–Crippen MR) is 117 cm³/mol. The molecule has 3 saturated heterocycles. The Balaban J connectivity index is 1.48. The number of fused-ring (bicyclic) bond motifs is 3. The van der Waals surface area contributed by atoms with Gasteiger partial charge in [0.2, 0.25) is 11.8 Å². The Morgan fingerprint density at radius 2 is 1.62 bits per heavy atom. The number of benzene rings is 2. The van der Waals surface area contributed by atoms with E-state index >= 15 is 0 Å². The Morgan fingerprint density at radius 3 is 2.28 bits per heavy atom. The number of ether oxygens (including phenoxy) is 1. The molecule has 0 saturated carbocycles. The summed E-state index contributed by atoms with van der Waals surface area (Å²) in [5.74, 6) is -2.17. The number of Topliss-reactive ketones (excluding diaryl/α,β-unsaturated/α-hetero) is 1. The van der Waals surface area contributed by atoms with Crippen molar-refractivity contribution in [2.24, 2.45) is 11.8 Å². The molecule has 3 aliphatic rings. The standard InChI is InChI=1S/C24H21ClN2O5/c1-13(28)32-17-10-8-16(9-11-17)27-23(30)19-18-3-2-12-26(18)21(20(19)24(27)31)22(29)14-4-6-15(25)7-5-14/h4-11,18-21H,2-3,12H2,1H3/t18-,19-,20-,21+/m0/s1. The van der Waals surface area contributed by atoms with Crippen LogP contribution in [0, 0.1) is 11.8 Å². The van der Waals surface area contributed by atoms with E-state index in [0.29, 0.717) is 28.6 Å². The number of imide groups is 1. The molecule has 0 aromatic heterocycles. The summed E-state index contributed by atoms with van der Waals surface area (Å²) in [7, 11) is 0. The minimum absolute atomic E-state index is 0.122. The quantitative estimate of drug-likeness (QED) is 0.307. The number of esters is 1. The molecule has 2 aromatic carbocycles. The van der Waals surface area contributed by atoms with Crippen molar-refractivity contribution in [3.05, 3.63) is 59.1 Å². The molecule has 5 rings (SSSR count). The fourth-order valence-corrected chi connectivity index (χ4v) is 5.51. The van der Waals surface area contributed by atoms with E-state index in [1.54, 1.807) is 48.5 Å². The fraction of sp³-hybridized carbons (Fsp3) is 0.333. The molecule has 7 nitrogen and oxygen atoms in total. The number of nitrogens with zero attached hydrogens (tertiary/aromatic N) is 2. The van der Waals surface area contributed by atoms with Gasteiger partial charge in [0.1, 0.15) is 5.75 Å². The molecule has 3 fully saturated rings. The second-order valence-electron chi connectivity index (χ2n) is 8.41. The largest absolute Gasteiger partial charge is 0.427 e. The zero-order chi connectivity index (χ0) is 22.6. The Morgan fingerprint density at radius 1 is 0.969 bits per heavy atom. The van der Waals surface area contributed by atoms with E-state index in [1.807, 2.05) is 4.90 Å². The summed E-state index contributed by atoms with van der Waals surface area (Å²) in [5.41, 5.74) is 0.891. The van der Waals surface area contributed by atoms with E-state index in [2.05, 4.69) is 0 Å². The highest BCUT2D eigenvalue weighted by atomic mass is 35.5. The third-order valence-electron chi connectivity index (χ3n) is 6.61. The number of rotatable bonds is 4. The van der Waals surface area contributed by atoms with Gasteiger partial charge < -0.3 is 4.74 Å². The molecule has 0 N–H and O–H groups in total. The smallest absolute Gasteiger partial charge is 0.308 e. The van der Waals surface area contributed by atoms with Crippen LogP contribution in [0.5, 0.6) is 5.75 Å². The summed E-state index contributed by atoms with van der Waals surface area (Å²) < 4.78 is 5.03. The Bertz CT molecular complexity index is 1110. The lowest BCUT2D eigenvalue weighted by molar-refractivity contribution is -0.132. The number of anilines is 1. The Labute approximate surface area is 189 Å². The van der Waals surface area contributed by atoms with Crippen molar-refractivity contribution < 1.29 is 23.9 Å². The number of hydrogen-bond donors (Lipinski definition) is 0. The summed E-state index contributed by atoms with van der Waals surface area (Å²) >= 11 is 5.97. The number of halogens is 1. The van der Waals surface area contributed by atoms with Crippen LogP contribution in [0.15, 0.2) is 48.5 Å². The number of carbonyl (C=O) groups excluding carboxylic acids is 4. The van der Waals surface area contributed by atoms with Crippen molar-refractivity contribution >= 4 is 40.9 Å². The van der Waals surface area contributed by atoms with Crippen LogP contribution < -0.4 is 9.64 Å². The molecule has 0 bridgehead atoms. The van der Waals surface area contributed by atoms with Crippen molar-refractivity contribution in [2.75, 3.05) is 11.4 Å². The van der Waals surface area contributed by atoms with Crippen LogP contribution in [0.25, 0.3) is 0 Å². The van der Waals surface area contributed by atoms with Crippen LogP contribution in [0.4, 0.5) is 5.69 Å². The van der Waals surface area contributed by atoms with Gasteiger partial charge in [-0.2, -0.15) is 0 Å². The SMILES string of the molecule is CC(=O)Oc1ccc(N2C(=O)[C@@H]3[C@H](C2=O)[C@H](C(=O)c2ccc(Cl)cc2)N2CCC[C@@H]32)cc1. The van der Waals surface area contributed by atoms with Crippen molar-refractivity contribution in [3.63, 3.8) is 0 Å². The minimum Gasteiger partial charge on any atom is -0.427 e. The molecule has 3 aliphatic heterocycles. The summed E-state index contributed by atoms with van der Waals surface area (Å²) in [5, 5.41) is 0.528. The second-order valence-corrected chi connectivity index (χ2v) is 8.85. The van der Waals surface area contributed by atoms with Gasteiger partial charge in [-0.05, 0) is 67.9 Å². The molecule has 164 valence electrons. The molecule has 0 radical (unpaired) electrons. The average molecular weight is 453 g/mol. The highest BCUT2D eigenvalue weighted by Crippen LogP contribution is 2.48. The van der Waals surface area contributed by atoms with Crippen LogP contribution >= 0.6 is 11.6 Å². The normalized spacial score (nSPS) is 26.9. The van der Waals surface area contributed by atoms with Gasteiger partial charge in [-0.1, -0.05) is 11.6 Å². The van der Waals surface area contributed by atoms with Crippen molar-refractivity contribution in [1.29, 1.82) is 0 Å². The first-order chi connectivity index (χ1) is 15.4. The molecule has 4 atom stereocenters. The molecule has 2 amide bonds. The third kappa shape index (κ3) is 3.24. The van der Waals surface area contributed by atoms with Gasteiger partial charge in [-0.15, -0.1) is 0 Å². The van der Waals surface area contributed by atoms with Crippen molar-refractivity contribution in [1.82, 2.24) is 4.90 Å². The lowest BCUT2D eigenvalue weighted by Crippen LogP contribution is -2.46. The maximum atomic E-state index is 13.5. The van der Waals surface area contributed by atoms with Gasteiger partial charge in [0.15, 0.2) is 5.78 Å². The van der Waals surface area contributed by atoms with E-state index in [1.165, 1.54) is 11.8 Å². The number of hydrogen-bond acceptors (Lipinski definition) is 6. The van der Waals surface area contributed by atoms with Gasteiger partial charge in [0.05, 0.1) is 23.6 Å². The first kappa shape index (κ1) is 20.8. The topological polar surface area (TPSA) is 84.0 Å². The number of ketones is 1. The molecule has 8 heteroatoms. The molecule has 0 aliphatic carbocycles. The summed E-state index contributed by atoms with van der Waals surface area (Å²) in [6, 6.07) is 12.1. The molecule has 0 spiro atoms. The molecule has 32 heavy (non-hydrogen) atoms. The lowest BCUT2D eigenvalue weighted by Gasteiger charge is -2.27. The third-order valence-corrected chi connectivity index (χ3v) is 6.86. The lowest BCUT2D eigenvalue weighted by atomic mass is 9.85. The van der Waals surface area contributed by atoms with Gasteiger partial charge >= 0.3 is 5.97 Å². The maximum Gasteiger partial charge on any atom is 0.308 e. The van der Waals surface area contributed by atoms with Crippen molar-refractivity contribution in [2.45, 2.75) is 31.8 Å². The van der Waals surface area contributed by atoms with Gasteiger partial charge in [-0.3, -0.25) is 24.1 Å². The molecule has 3 heterocycles. The van der Waals surface area contributed by atoms with Crippen LogP contribution in [0.3, 0.4) is 0 Å². The van der Waals surface area contributed by atoms with Crippen LogP contribution in [-0.2, 0) is 14.4 Å². The van der Waals surface area contributed by atoms with E-state index in [-0.39, 0.29) is 23.6 Å². The van der Waals surface area contributed by atoms with Gasteiger partial charge in [0, 0.05) is 23.6 Å². The Hall–Kier alpha value is -3.03.